The van der Waals surface area contributed by atoms with Crippen molar-refractivity contribution >= 4 is 5.91 Å². The summed E-state index contributed by atoms with van der Waals surface area (Å²) in [6.45, 7) is 4.08. The minimum Gasteiger partial charge on any atom is -0.394 e. The summed E-state index contributed by atoms with van der Waals surface area (Å²) in [7, 11) is 0. The number of hydrogen-bond donors (Lipinski definition) is 5. The van der Waals surface area contributed by atoms with Crippen LogP contribution in [0.5, 0.6) is 0 Å². The number of carbonyl (C=O) groups is 1. The fraction of sp³-hybridized carbons (Fsp3) is 0.915. The second-order valence-corrected chi connectivity index (χ2v) is 20.3. The summed E-state index contributed by atoms with van der Waals surface area (Å²) in [5.41, 5.74) is 0. The number of aliphatic hydroxyl groups excluding tert-OH is 4. The van der Waals surface area contributed by atoms with Crippen molar-refractivity contribution in [3.63, 3.8) is 0 Å². The average Bonchev–Trinajstić information content (AvgIpc) is 3.31. The van der Waals surface area contributed by atoms with Crippen LogP contribution in [-0.2, 0) is 4.79 Å². The summed E-state index contributed by atoms with van der Waals surface area (Å²) >= 11 is 0. The summed E-state index contributed by atoms with van der Waals surface area (Å²) in [4.78, 5) is 12.6. The molecule has 0 saturated heterocycles. The van der Waals surface area contributed by atoms with E-state index in [9.17, 15) is 25.2 Å². The Kier molecular flexibility index (Phi) is 52.7. The second kappa shape index (κ2) is 53.7. The van der Waals surface area contributed by atoms with Crippen LogP contribution in [0, 0.1) is 0 Å². The number of nitrogens with one attached hydrogen (secondary N) is 1. The molecule has 65 heavy (non-hydrogen) atoms. The van der Waals surface area contributed by atoms with Crippen LogP contribution in [0.25, 0.3) is 0 Å². The molecule has 0 bridgehead atoms. The third-order valence-corrected chi connectivity index (χ3v) is 13.9. The minimum atomic E-state index is -1.29. The van der Waals surface area contributed by atoms with Crippen molar-refractivity contribution in [2.45, 2.75) is 340 Å². The Morgan fingerprint density at radius 3 is 0.969 bits per heavy atom. The van der Waals surface area contributed by atoms with Crippen LogP contribution >= 0.6 is 0 Å². The van der Waals surface area contributed by atoms with Gasteiger partial charge in [-0.05, 0) is 51.4 Å². The summed E-state index contributed by atoms with van der Waals surface area (Å²) in [6, 6.07) is -1.01. The van der Waals surface area contributed by atoms with Gasteiger partial charge in [0.05, 0.1) is 18.8 Å². The summed E-state index contributed by atoms with van der Waals surface area (Å²) in [5, 5.41) is 44.0. The summed E-state index contributed by atoms with van der Waals surface area (Å²) in [6.07, 6.45) is 65.5. The molecule has 4 atom stereocenters. The van der Waals surface area contributed by atoms with Crippen molar-refractivity contribution in [2.24, 2.45) is 0 Å². The van der Waals surface area contributed by atoms with Crippen molar-refractivity contribution in [1.82, 2.24) is 5.32 Å². The third kappa shape index (κ3) is 47.6. The number of allylic oxidation sites excluding steroid dienone is 4. The molecule has 386 valence electrons. The Bertz CT molecular complexity index is 986. The molecule has 0 aliphatic rings. The smallest absolute Gasteiger partial charge is 0.249 e. The molecule has 0 aromatic heterocycles. The van der Waals surface area contributed by atoms with Crippen LogP contribution in [0.4, 0.5) is 0 Å². The molecule has 0 aromatic rings. The number of carbonyl (C=O) groups excluding carboxylic acids is 1. The van der Waals surface area contributed by atoms with E-state index in [1.807, 2.05) is 0 Å². The highest BCUT2D eigenvalue weighted by molar-refractivity contribution is 5.80. The zero-order valence-corrected chi connectivity index (χ0v) is 43.8. The van der Waals surface area contributed by atoms with E-state index < -0.39 is 36.9 Å². The van der Waals surface area contributed by atoms with E-state index in [1.165, 1.54) is 244 Å². The fourth-order valence-electron chi connectivity index (χ4n) is 9.31. The van der Waals surface area contributed by atoms with Gasteiger partial charge < -0.3 is 25.7 Å². The Labute approximate surface area is 405 Å². The number of rotatable bonds is 54. The first-order valence-electron chi connectivity index (χ1n) is 29.2. The van der Waals surface area contributed by atoms with Gasteiger partial charge in [0.25, 0.3) is 0 Å². The minimum absolute atomic E-state index is 0.365. The highest BCUT2D eigenvalue weighted by Gasteiger charge is 2.28. The van der Waals surface area contributed by atoms with Crippen LogP contribution in [-0.4, -0.2) is 57.3 Å². The Morgan fingerprint density at radius 1 is 0.369 bits per heavy atom. The van der Waals surface area contributed by atoms with Gasteiger partial charge >= 0.3 is 0 Å². The normalized spacial score (nSPS) is 13.9. The molecule has 0 aliphatic heterocycles. The van der Waals surface area contributed by atoms with Crippen LogP contribution in [0.1, 0.15) is 316 Å². The van der Waals surface area contributed by atoms with Gasteiger partial charge in [-0.15, -0.1) is 0 Å². The van der Waals surface area contributed by atoms with Crippen LogP contribution in [0.3, 0.4) is 0 Å². The van der Waals surface area contributed by atoms with Gasteiger partial charge in [-0.25, -0.2) is 0 Å². The number of hydrogen-bond acceptors (Lipinski definition) is 5. The monoisotopic (exact) mass is 918 g/mol. The molecule has 0 rings (SSSR count). The van der Waals surface area contributed by atoms with Gasteiger partial charge in [0.15, 0.2) is 0 Å². The molecule has 0 saturated carbocycles. The molecular formula is C59H115NO5. The lowest BCUT2D eigenvalue weighted by molar-refractivity contribution is -0.132. The number of unbranched alkanes of at least 4 members (excludes halogenated alkanes) is 41. The molecule has 5 N–H and O–H groups in total. The SMILES string of the molecule is CCCCCCCCCCCCC/C=C/CC/C=C/CCCC(O)C(O)C(CO)NC(=O)C(O)CCCCCCCCCCCCCCCCCCCCCCCCCCCCCCC. The maximum Gasteiger partial charge on any atom is 0.249 e. The molecular weight excluding hydrogens is 803 g/mol. The van der Waals surface area contributed by atoms with E-state index in [1.54, 1.807) is 0 Å². The quantitative estimate of drug-likeness (QED) is 0.0308. The lowest BCUT2D eigenvalue weighted by Gasteiger charge is -2.27. The van der Waals surface area contributed by atoms with E-state index >= 15 is 0 Å². The molecule has 0 heterocycles. The zero-order chi connectivity index (χ0) is 47.4. The van der Waals surface area contributed by atoms with Gasteiger partial charge in [-0.2, -0.15) is 0 Å². The Balaban J connectivity index is 3.62. The Hall–Kier alpha value is -1.21. The Morgan fingerprint density at radius 2 is 0.646 bits per heavy atom. The van der Waals surface area contributed by atoms with Gasteiger partial charge in [-0.3, -0.25) is 4.79 Å². The lowest BCUT2D eigenvalue weighted by Crippen LogP contribution is -2.53. The molecule has 6 nitrogen and oxygen atoms in total. The van der Waals surface area contributed by atoms with Gasteiger partial charge in [0, 0.05) is 0 Å². The van der Waals surface area contributed by atoms with Gasteiger partial charge in [0.1, 0.15) is 12.2 Å². The zero-order valence-electron chi connectivity index (χ0n) is 43.8. The lowest BCUT2D eigenvalue weighted by atomic mass is 10.00. The van der Waals surface area contributed by atoms with E-state index in [4.69, 9.17) is 0 Å². The average molecular weight is 919 g/mol. The largest absolute Gasteiger partial charge is 0.394 e. The highest BCUT2D eigenvalue weighted by atomic mass is 16.3. The number of amides is 1. The van der Waals surface area contributed by atoms with E-state index in [-0.39, 0.29) is 0 Å². The third-order valence-electron chi connectivity index (χ3n) is 13.9. The van der Waals surface area contributed by atoms with Gasteiger partial charge in [0.2, 0.25) is 5.91 Å². The first-order chi connectivity index (χ1) is 32.0. The van der Waals surface area contributed by atoms with E-state index in [2.05, 4.69) is 43.5 Å². The molecule has 4 unspecified atom stereocenters. The molecule has 0 aromatic carbocycles. The van der Waals surface area contributed by atoms with Crippen LogP contribution < -0.4 is 5.32 Å². The molecule has 0 fully saturated rings. The first-order valence-corrected chi connectivity index (χ1v) is 29.2. The van der Waals surface area contributed by atoms with Crippen molar-refractivity contribution < 1.29 is 25.2 Å². The highest BCUT2D eigenvalue weighted by Crippen LogP contribution is 2.18. The second-order valence-electron chi connectivity index (χ2n) is 20.3. The van der Waals surface area contributed by atoms with E-state index in [0.717, 1.165) is 38.5 Å². The standard InChI is InChI=1S/C59H115NO5/c1-3-5-7-9-11-13-15-17-19-21-23-25-26-27-28-29-30-31-32-33-35-37-39-41-43-45-47-49-51-53-57(63)59(65)60-55(54-61)58(64)56(62)52-50-48-46-44-42-40-38-36-34-24-22-20-18-16-14-12-10-8-6-4-2/h36,38,44,46,55-58,61-64H,3-35,37,39-43,45,47-54H2,1-2H3,(H,60,65)/b38-36+,46-44+. The van der Waals surface area contributed by atoms with Gasteiger partial charge in [-0.1, -0.05) is 289 Å². The summed E-state index contributed by atoms with van der Waals surface area (Å²) in [5.74, 6) is -0.591. The predicted octanol–water partition coefficient (Wildman–Crippen LogP) is 17.0. The maximum atomic E-state index is 12.6. The topological polar surface area (TPSA) is 110 Å². The van der Waals surface area contributed by atoms with Crippen molar-refractivity contribution in [3.05, 3.63) is 24.3 Å². The number of aliphatic hydroxyl groups is 4. The van der Waals surface area contributed by atoms with Crippen molar-refractivity contribution in [1.29, 1.82) is 0 Å². The van der Waals surface area contributed by atoms with Crippen molar-refractivity contribution in [2.75, 3.05) is 6.61 Å². The molecule has 0 radical (unpaired) electrons. The molecule has 0 spiro atoms. The van der Waals surface area contributed by atoms with Crippen LogP contribution in [0.2, 0.25) is 0 Å². The first kappa shape index (κ1) is 63.8. The summed E-state index contributed by atoms with van der Waals surface area (Å²) < 4.78 is 0. The van der Waals surface area contributed by atoms with Crippen LogP contribution in [0.15, 0.2) is 24.3 Å². The van der Waals surface area contributed by atoms with Crippen molar-refractivity contribution in [3.8, 4) is 0 Å². The molecule has 1 amide bonds. The molecule has 6 heteroatoms. The molecule has 0 aliphatic carbocycles. The van der Waals surface area contributed by atoms with E-state index in [0.29, 0.717) is 19.3 Å². The predicted molar refractivity (Wildman–Crippen MR) is 284 cm³/mol. The fourth-order valence-corrected chi connectivity index (χ4v) is 9.31. The maximum absolute atomic E-state index is 12.6.